The number of nitrogens with one attached hydrogen (secondary N) is 1. The van der Waals surface area contributed by atoms with Crippen LogP contribution in [-0.2, 0) is 6.54 Å². The van der Waals surface area contributed by atoms with E-state index in [1.807, 2.05) is 85.8 Å². The van der Waals surface area contributed by atoms with Gasteiger partial charge in [-0.25, -0.2) is 4.98 Å². The Morgan fingerprint density at radius 2 is 1.70 bits per heavy atom. The lowest BCUT2D eigenvalue weighted by molar-refractivity contribution is 0.0956. The lowest BCUT2D eigenvalue weighted by Crippen LogP contribution is -2.22. The van der Waals surface area contributed by atoms with Crippen molar-refractivity contribution in [2.45, 2.75) is 13.5 Å². The van der Waals surface area contributed by atoms with E-state index < -0.39 is 0 Å². The van der Waals surface area contributed by atoms with E-state index in [1.54, 1.807) is 14.2 Å². The number of nitrogens with zero attached hydrogens (tertiary/aromatic N) is 1. The highest BCUT2D eigenvalue weighted by Crippen LogP contribution is 2.46. The van der Waals surface area contributed by atoms with Crippen molar-refractivity contribution < 1.29 is 14.3 Å². The first kappa shape index (κ1) is 24.3. The first-order chi connectivity index (χ1) is 18.0. The van der Waals surface area contributed by atoms with Crippen LogP contribution in [0.25, 0.3) is 32.6 Å². The number of nitrogen functional groups attached to an aromatic ring is 1. The van der Waals surface area contributed by atoms with Crippen LogP contribution in [0.2, 0.25) is 0 Å². The van der Waals surface area contributed by atoms with E-state index in [0.717, 1.165) is 33.3 Å². The van der Waals surface area contributed by atoms with E-state index in [9.17, 15) is 4.79 Å². The van der Waals surface area contributed by atoms with Crippen LogP contribution in [0.3, 0.4) is 0 Å². The zero-order valence-electron chi connectivity index (χ0n) is 20.9. The summed E-state index contributed by atoms with van der Waals surface area (Å²) < 4.78 is 11.3. The van der Waals surface area contributed by atoms with Crippen molar-refractivity contribution in [2.75, 3.05) is 20.0 Å². The van der Waals surface area contributed by atoms with Gasteiger partial charge < -0.3 is 20.5 Å². The molecule has 0 radical (unpaired) electrons. The second kappa shape index (κ2) is 10.3. The van der Waals surface area contributed by atoms with Gasteiger partial charge in [0.2, 0.25) is 0 Å². The van der Waals surface area contributed by atoms with Crippen LogP contribution in [0.15, 0.2) is 78.9 Å². The molecule has 5 rings (SSSR count). The Kier molecular flexibility index (Phi) is 6.79. The second-order valence-corrected chi connectivity index (χ2v) is 9.65. The SMILES string of the molecule is COc1cccc(-c2cc(-c3ccccc3)nc3sc(C(=O)NCc4ccc(C)cc4)c(N)c23)c1OC. The zero-order chi connectivity index (χ0) is 25.9. The lowest BCUT2D eigenvalue weighted by atomic mass is 9.98. The third kappa shape index (κ3) is 4.73. The fourth-order valence-electron chi connectivity index (χ4n) is 4.33. The zero-order valence-corrected chi connectivity index (χ0v) is 21.7. The molecule has 0 spiro atoms. The molecule has 0 saturated carbocycles. The monoisotopic (exact) mass is 509 g/mol. The van der Waals surface area contributed by atoms with Crippen molar-refractivity contribution in [2.24, 2.45) is 0 Å². The van der Waals surface area contributed by atoms with Crippen molar-refractivity contribution in [3.05, 3.63) is 94.9 Å². The molecule has 0 atom stereocenters. The number of ether oxygens (including phenoxy) is 2. The molecule has 0 fully saturated rings. The molecular formula is C30H27N3O3S. The Morgan fingerprint density at radius 3 is 2.41 bits per heavy atom. The van der Waals surface area contributed by atoms with Crippen molar-refractivity contribution in [1.29, 1.82) is 0 Å². The van der Waals surface area contributed by atoms with Crippen molar-refractivity contribution >= 4 is 33.1 Å². The van der Waals surface area contributed by atoms with Gasteiger partial charge in [-0.15, -0.1) is 11.3 Å². The first-order valence-electron chi connectivity index (χ1n) is 11.8. The summed E-state index contributed by atoms with van der Waals surface area (Å²) >= 11 is 1.29. The number of nitrogens with two attached hydrogens (primary N) is 1. The van der Waals surface area contributed by atoms with Gasteiger partial charge >= 0.3 is 0 Å². The molecular weight excluding hydrogens is 482 g/mol. The van der Waals surface area contributed by atoms with Crippen molar-refractivity contribution in [3.8, 4) is 33.9 Å². The van der Waals surface area contributed by atoms with E-state index in [0.29, 0.717) is 33.4 Å². The average Bonchev–Trinajstić information content (AvgIpc) is 3.28. The molecule has 186 valence electrons. The number of benzene rings is 3. The summed E-state index contributed by atoms with van der Waals surface area (Å²) in [5.74, 6) is 0.967. The smallest absolute Gasteiger partial charge is 0.263 e. The maximum atomic E-state index is 13.2. The summed E-state index contributed by atoms with van der Waals surface area (Å²) in [6.45, 7) is 2.44. The number of amides is 1. The molecule has 2 heterocycles. The molecule has 5 aromatic rings. The minimum Gasteiger partial charge on any atom is -0.493 e. The number of hydrogen-bond donors (Lipinski definition) is 2. The molecule has 0 aliphatic heterocycles. The third-order valence-electron chi connectivity index (χ3n) is 6.24. The highest BCUT2D eigenvalue weighted by molar-refractivity contribution is 7.21. The quantitative estimate of drug-likeness (QED) is 0.263. The Balaban J connectivity index is 1.65. The van der Waals surface area contributed by atoms with Gasteiger partial charge in [-0.1, -0.05) is 72.3 Å². The topological polar surface area (TPSA) is 86.5 Å². The Bertz CT molecular complexity index is 1580. The van der Waals surface area contributed by atoms with Crippen LogP contribution in [0.4, 0.5) is 5.69 Å². The van der Waals surface area contributed by atoms with Gasteiger partial charge in [0.25, 0.3) is 5.91 Å². The molecule has 2 aromatic heterocycles. The highest BCUT2D eigenvalue weighted by atomic mass is 32.1. The van der Waals surface area contributed by atoms with E-state index >= 15 is 0 Å². The van der Waals surface area contributed by atoms with Gasteiger partial charge in [0.15, 0.2) is 11.5 Å². The number of thiophene rings is 1. The fourth-order valence-corrected chi connectivity index (χ4v) is 5.36. The summed E-state index contributed by atoms with van der Waals surface area (Å²) in [7, 11) is 3.22. The number of para-hydroxylation sites is 1. The number of rotatable bonds is 7. The minimum absolute atomic E-state index is 0.231. The van der Waals surface area contributed by atoms with Crippen LogP contribution in [-0.4, -0.2) is 25.1 Å². The highest BCUT2D eigenvalue weighted by Gasteiger charge is 2.23. The Morgan fingerprint density at radius 1 is 0.946 bits per heavy atom. The summed E-state index contributed by atoms with van der Waals surface area (Å²) in [6.07, 6.45) is 0. The second-order valence-electron chi connectivity index (χ2n) is 8.66. The largest absolute Gasteiger partial charge is 0.493 e. The summed E-state index contributed by atoms with van der Waals surface area (Å²) in [5.41, 5.74) is 12.6. The molecule has 1 amide bonds. The number of hydrogen-bond acceptors (Lipinski definition) is 6. The van der Waals surface area contributed by atoms with Gasteiger partial charge in [0.1, 0.15) is 9.71 Å². The third-order valence-corrected chi connectivity index (χ3v) is 7.34. The number of carbonyl (C=O) groups is 1. The normalized spacial score (nSPS) is 10.9. The summed E-state index contributed by atoms with van der Waals surface area (Å²) in [5, 5.41) is 3.72. The van der Waals surface area contributed by atoms with E-state index in [1.165, 1.54) is 16.9 Å². The Hall–Kier alpha value is -4.36. The predicted octanol–water partition coefficient (Wildman–Crippen LogP) is 6.47. The van der Waals surface area contributed by atoms with Crippen molar-refractivity contribution in [1.82, 2.24) is 10.3 Å². The fraction of sp³-hybridized carbons (Fsp3) is 0.133. The Labute approximate surface area is 219 Å². The molecule has 0 unspecified atom stereocenters. The molecule has 0 aliphatic rings. The van der Waals surface area contributed by atoms with Gasteiger partial charge in [0.05, 0.1) is 25.6 Å². The van der Waals surface area contributed by atoms with Crippen LogP contribution < -0.4 is 20.5 Å². The molecule has 37 heavy (non-hydrogen) atoms. The van der Waals surface area contributed by atoms with Crippen LogP contribution in [0.1, 0.15) is 20.8 Å². The number of pyridine rings is 1. The average molecular weight is 510 g/mol. The van der Waals surface area contributed by atoms with Crippen LogP contribution >= 0.6 is 11.3 Å². The number of anilines is 1. The predicted molar refractivity (Wildman–Crippen MR) is 150 cm³/mol. The van der Waals surface area contributed by atoms with E-state index in [2.05, 4.69) is 5.32 Å². The molecule has 6 nitrogen and oxygen atoms in total. The summed E-state index contributed by atoms with van der Waals surface area (Å²) in [6, 6.07) is 25.7. The number of aryl methyl sites for hydroxylation is 1. The molecule has 3 N–H and O–H groups in total. The van der Waals surface area contributed by atoms with Crippen LogP contribution in [0, 0.1) is 6.92 Å². The summed E-state index contributed by atoms with van der Waals surface area (Å²) in [4.78, 5) is 19.3. The standard InChI is InChI=1S/C30H27N3O3S/c1-18-12-14-19(15-13-18)17-32-29(34)28-26(31)25-22(21-10-7-11-24(35-2)27(21)36-3)16-23(33-30(25)37-28)20-8-5-4-6-9-20/h4-16H,17,31H2,1-3H3,(H,32,34). The molecule has 7 heteroatoms. The molecule has 0 bridgehead atoms. The molecule has 0 aliphatic carbocycles. The number of aromatic nitrogens is 1. The van der Waals surface area contributed by atoms with Gasteiger partial charge in [-0.3, -0.25) is 4.79 Å². The first-order valence-corrected chi connectivity index (χ1v) is 12.7. The van der Waals surface area contributed by atoms with Crippen molar-refractivity contribution in [3.63, 3.8) is 0 Å². The van der Waals surface area contributed by atoms with Crippen LogP contribution in [0.5, 0.6) is 11.5 Å². The van der Waals surface area contributed by atoms with Gasteiger partial charge in [0, 0.05) is 28.6 Å². The number of carbonyl (C=O) groups excluding carboxylic acids is 1. The maximum Gasteiger partial charge on any atom is 0.263 e. The number of fused-ring (bicyclic) bond motifs is 1. The maximum absolute atomic E-state index is 13.2. The lowest BCUT2D eigenvalue weighted by Gasteiger charge is -2.15. The minimum atomic E-state index is -0.231. The number of methoxy groups -OCH3 is 2. The van der Waals surface area contributed by atoms with E-state index in [4.69, 9.17) is 20.2 Å². The molecule has 0 saturated heterocycles. The van der Waals surface area contributed by atoms with E-state index in [-0.39, 0.29) is 5.91 Å². The van der Waals surface area contributed by atoms with Gasteiger partial charge in [-0.2, -0.15) is 0 Å². The molecule has 3 aromatic carbocycles. The van der Waals surface area contributed by atoms with Gasteiger partial charge in [-0.05, 0) is 24.6 Å².